The molecule has 3 amide bonds. The van der Waals surface area contributed by atoms with Crippen LogP contribution < -0.4 is 25.8 Å². The SMILES string of the molecule is C[C@@H]1CN(c2ncc(Cl)c(Nc3ccc4c(c3F)CC(=O)N4C)n2)CC[C@H]1Nc1ccc2c(C3CCC(=O)NC3=O)nn(C)c2c1. The van der Waals surface area contributed by atoms with E-state index in [9.17, 15) is 14.4 Å². The van der Waals surface area contributed by atoms with E-state index in [0.717, 1.165) is 23.0 Å². The Hall–Kier alpha value is -4.78. The largest absolute Gasteiger partial charge is 0.382 e. The first kappa shape index (κ1) is 29.9. The first-order valence-corrected chi connectivity index (χ1v) is 15.6. The van der Waals surface area contributed by atoms with Crippen LogP contribution in [0.15, 0.2) is 36.5 Å². The number of halogens is 2. The minimum absolute atomic E-state index is 0.0101. The molecule has 0 saturated carbocycles. The summed E-state index contributed by atoms with van der Waals surface area (Å²) in [5, 5.41) is 14.9. The molecule has 14 heteroatoms. The van der Waals surface area contributed by atoms with Gasteiger partial charge in [0.05, 0.1) is 41.1 Å². The summed E-state index contributed by atoms with van der Waals surface area (Å²) < 4.78 is 17.1. The first-order chi connectivity index (χ1) is 22.1. The van der Waals surface area contributed by atoms with E-state index in [4.69, 9.17) is 11.6 Å². The number of benzene rings is 2. The van der Waals surface area contributed by atoms with Gasteiger partial charge in [0.2, 0.25) is 23.7 Å². The molecule has 3 aliphatic rings. The van der Waals surface area contributed by atoms with Crippen molar-refractivity contribution in [3.63, 3.8) is 0 Å². The molecule has 0 aliphatic carbocycles. The summed E-state index contributed by atoms with van der Waals surface area (Å²) >= 11 is 6.41. The number of piperidine rings is 2. The summed E-state index contributed by atoms with van der Waals surface area (Å²) in [4.78, 5) is 48.9. The second kappa shape index (κ2) is 11.5. The van der Waals surface area contributed by atoms with E-state index in [1.54, 1.807) is 23.9 Å². The molecular formula is C32H33ClFN9O3. The fourth-order valence-electron chi connectivity index (χ4n) is 6.66. The van der Waals surface area contributed by atoms with Gasteiger partial charge in [0.1, 0.15) is 5.02 Å². The average Bonchev–Trinajstić information content (AvgIpc) is 3.51. The Kier molecular flexibility index (Phi) is 7.50. The lowest BCUT2D eigenvalue weighted by atomic mass is 9.92. The Morgan fingerprint density at radius 1 is 1.11 bits per heavy atom. The number of hydrogen-bond donors (Lipinski definition) is 3. The zero-order chi connectivity index (χ0) is 32.3. The van der Waals surface area contributed by atoms with Crippen LogP contribution in [0.3, 0.4) is 0 Å². The zero-order valence-electron chi connectivity index (χ0n) is 25.6. The molecule has 5 heterocycles. The van der Waals surface area contributed by atoms with Crippen LogP contribution in [0.25, 0.3) is 10.9 Å². The number of fused-ring (bicyclic) bond motifs is 2. The number of imide groups is 1. The van der Waals surface area contributed by atoms with Crippen LogP contribution in [0.4, 0.5) is 33.2 Å². The van der Waals surface area contributed by atoms with Crippen LogP contribution in [-0.4, -0.2) is 63.6 Å². The maximum atomic E-state index is 15.3. The molecule has 2 aromatic heterocycles. The quantitative estimate of drug-likeness (QED) is 0.263. The molecule has 2 saturated heterocycles. The first-order valence-electron chi connectivity index (χ1n) is 15.3. The summed E-state index contributed by atoms with van der Waals surface area (Å²) in [7, 11) is 3.49. The van der Waals surface area contributed by atoms with Gasteiger partial charge in [-0.25, -0.2) is 9.37 Å². The van der Waals surface area contributed by atoms with Crippen LogP contribution >= 0.6 is 11.6 Å². The molecule has 12 nitrogen and oxygen atoms in total. The number of anilines is 5. The van der Waals surface area contributed by atoms with E-state index < -0.39 is 11.7 Å². The number of aryl methyl sites for hydroxylation is 1. The lowest BCUT2D eigenvalue weighted by Crippen LogP contribution is -2.46. The average molecular weight is 646 g/mol. The Bertz CT molecular complexity index is 1910. The van der Waals surface area contributed by atoms with Crippen molar-refractivity contribution in [1.29, 1.82) is 0 Å². The number of likely N-dealkylation sites (N-methyl/N-ethyl adjacent to an activating group) is 1. The van der Waals surface area contributed by atoms with Gasteiger partial charge in [-0.05, 0) is 49.1 Å². The van der Waals surface area contributed by atoms with Crippen molar-refractivity contribution in [2.45, 2.75) is 44.6 Å². The van der Waals surface area contributed by atoms with Crippen molar-refractivity contribution >= 4 is 69.1 Å². The Labute approximate surface area is 269 Å². The van der Waals surface area contributed by atoms with Crippen LogP contribution in [0, 0.1) is 11.7 Å². The van der Waals surface area contributed by atoms with E-state index in [1.165, 1.54) is 11.1 Å². The highest BCUT2D eigenvalue weighted by Crippen LogP contribution is 2.36. The van der Waals surface area contributed by atoms with Crippen LogP contribution in [-0.2, 0) is 27.9 Å². The summed E-state index contributed by atoms with van der Waals surface area (Å²) in [6.07, 6.45) is 3.10. The van der Waals surface area contributed by atoms with Crippen LogP contribution in [0.1, 0.15) is 43.4 Å². The van der Waals surface area contributed by atoms with Gasteiger partial charge < -0.3 is 20.4 Å². The molecule has 46 heavy (non-hydrogen) atoms. The van der Waals surface area contributed by atoms with Crippen molar-refractivity contribution in [1.82, 2.24) is 25.1 Å². The number of carbonyl (C=O) groups excluding carboxylic acids is 3. The topological polar surface area (TPSA) is 137 Å². The molecule has 2 aromatic carbocycles. The lowest BCUT2D eigenvalue weighted by Gasteiger charge is -2.37. The van der Waals surface area contributed by atoms with Gasteiger partial charge in [-0.1, -0.05) is 18.5 Å². The third kappa shape index (κ3) is 5.27. The third-order valence-corrected chi connectivity index (χ3v) is 9.53. The van der Waals surface area contributed by atoms with Crippen molar-refractivity contribution in [3.05, 3.63) is 58.6 Å². The van der Waals surface area contributed by atoms with E-state index in [2.05, 4.69) is 42.8 Å². The highest BCUT2D eigenvalue weighted by molar-refractivity contribution is 6.33. The minimum atomic E-state index is -0.497. The van der Waals surface area contributed by atoms with Crippen molar-refractivity contribution in [3.8, 4) is 0 Å². The molecular weight excluding hydrogens is 613 g/mol. The number of rotatable bonds is 6. The van der Waals surface area contributed by atoms with Gasteiger partial charge in [0.15, 0.2) is 11.6 Å². The smallest absolute Gasteiger partial charge is 0.235 e. The fourth-order valence-corrected chi connectivity index (χ4v) is 6.80. The number of nitrogens with one attached hydrogen (secondary N) is 3. The standard InChI is InChI=1S/C32H33ClFN9O3/c1-16-15-43(32-35-14-21(33)30(39-32)37-23-7-8-24-20(28(23)34)13-27(45)41(24)2)11-10-22(16)36-17-4-5-18-25(12-17)42(3)40-29(18)19-6-9-26(44)38-31(19)46/h4-5,7-8,12,14,16,19,22,36H,6,9-11,13,15H2,1-3H3,(H,35,37,39)(H,38,44,46)/t16-,19?,22-/m1/s1. The highest BCUT2D eigenvalue weighted by atomic mass is 35.5. The summed E-state index contributed by atoms with van der Waals surface area (Å²) in [6.45, 7) is 3.55. The zero-order valence-corrected chi connectivity index (χ0v) is 26.4. The van der Waals surface area contributed by atoms with Gasteiger partial charge in [-0.3, -0.25) is 24.4 Å². The van der Waals surface area contributed by atoms with Gasteiger partial charge in [-0.15, -0.1) is 0 Å². The molecule has 0 radical (unpaired) electrons. The van der Waals surface area contributed by atoms with Gasteiger partial charge in [0.25, 0.3) is 0 Å². The van der Waals surface area contributed by atoms with E-state index in [1.807, 2.05) is 25.2 Å². The molecule has 1 unspecified atom stereocenters. The summed E-state index contributed by atoms with van der Waals surface area (Å²) in [6, 6.07) is 9.51. The number of amides is 3. The summed E-state index contributed by atoms with van der Waals surface area (Å²) in [5.74, 6) is -0.632. The monoisotopic (exact) mass is 645 g/mol. The second-order valence-corrected chi connectivity index (χ2v) is 12.7. The number of aromatic nitrogens is 4. The molecule has 3 atom stereocenters. The molecule has 0 spiro atoms. The van der Waals surface area contributed by atoms with Gasteiger partial charge in [0, 0.05) is 56.3 Å². The molecule has 0 bridgehead atoms. The minimum Gasteiger partial charge on any atom is -0.382 e. The maximum absolute atomic E-state index is 15.3. The number of carbonyl (C=O) groups is 3. The second-order valence-electron chi connectivity index (χ2n) is 12.3. The lowest BCUT2D eigenvalue weighted by molar-refractivity contribution is -0.134. The van der Waals surface area contributed by atoms with Gasteiger partial charge >= 0.3 is 0 Å². The molecule has 3 aliphatic heterocycles. The van der Waals surface area contributed by atoms with E-state index in [0.29, 0.717) is 48.8 Å². The fraction of sp³-hybridized carbons (Fsp3) is 0.375. The van der Waals surface area contributed by atoms with Crippen LogP contribution in [0.2, 0.25) is 5.02 Å². The predicted molar refractivity (Wildman–Crippen MR) is 173 cm³/mol. The predicted octanol–water partition coefficient (Wildman–Crippen LogP) is 4.27. The van der Waals surface area contributed by atoms with Crippen molar-refractivity contribution in [2.24, 2.45) is 13.0 Å². The van der Waals surface area contributed by atoms with E-state index in [-0.39, 0.29) is 52.6 Å². The molecule has 3 N–H and O–H groups in total. The van der Waals surface area contributed by atoms with Crippen molar-refractivity contribution < 1.29 is 18.8 Å². The van der Waals surface area contributed by atoms with Crippen LogP contribution in [0.5, 0.6) is 0 Å². The maximum Gasteiger partial charge on any atom is 0.235 e. The molecule has 2 fully saturated rings. The molecule has 238 valence electrons. The summed E-state index contributed by atoms with van der Waals surface area (Å²) in [5.41, 5.74) is 3.65. The Morgan fingerprint density at radius 2 is 1.93 bits per heavy atom. The Morgan fingerprint density at radius 3 is 2.72 bits per heavy atom. The molecule has 4 aromatic rings. The van der Waals surface area contributed by atoms with E-state index >= 15 is 4.39 Å². The van der Waals surface area contributed by atoms with Gasteiger partial charge in [-0.2, -0.15) is 10.1 Å². The highest BCUT2D eigenvalue weighted by Gasteiger charge is 2.33. The Balaban J connectivity index is 1.03. The number of nitrogens with zero attached hydrogens (tertiary/aromatic N) is 6. The number of hydrogen-bond acceptors (Lipinski definition) is 9. The molecule has 7 rings (SSSR count). The third-order valence-electron chi connectivity index (χ3n) is 9.26. The van der Waals surface area contributed by atoms with Crippen molar-refractivity contribution in [2.75, 3.05) is 40.6 Å². The normalized spacial score (nSPS) is 21.5.